The van der Waals surface area contributed by atoms with Crippen molar-refractivity contribution < 1.29 is 14.0 Å². The third-order valence-corrected chi connectivity index (χ3v) is 4.80. The number of hydrogen-bond donors (Lipinski definition) is 0. The summed E-state index contributed by atoms with van der Waals surface area (Å²) in [6.07, 6.45) is 3.17. The fourth-order valence-electron chi connectivity index (χ4n) is 3.23. The Morgan fingerprint density at radius 3 is 2.30 bits per heavy atom. The van der Waals surface area contributed by atoms with E-state index in [0.717, 1.165) is 0 Å². The van der Waals surface area contributed by atoms with Crippen LogP contribution in [0.5, 0.6) is 0 Å². The van der Waals surface area contributed by atoms with Crippen molar-refractivity contribution >= 4 is 22.9 Å². The maximum atomic E-state index is 12.8. The molecule has 0 spiro atoms. The average molecular weight is 366 g/mol. The molecule has 1 saturated heterocycles. The van der Waals surface area contributed by atoms with Gasteiger partial charge in [0.05, 0.1) is 11.1 Å². The highest BCUT2D eigenvalue weighted by Crippen LogP contribution is 2.17. The van der Waals surface area contributed by atoms with Gasteiger partial charge in [0.25, 0.3) is 11.8 Å². The van der Waals surface area contributed by atoms with Crippen LogP contribution >= 0.6 is 0 Å². The number of amides is 2. The molecule has 8 heteroatoms. The van der Waals surface area contributed by atoms with Gasteiger partial charge < -0.3 is 14.2 Å². The third kappa shape index (κ3) is 3.10. The second-order valence-corrected chi connectivity index (χ2v) is 6.44. The lowest BCUT2D eigenvalue weighted by atomic mass is 10.1. The minimum atomic E-state index is -0.461. The Morgan fingerprint density at radius 1 is 1.00 bits per heavy atom. The highest BCUT2D eigenvalue weighted by molar-refractivity contribution is 5.98. The maximum Gasteiger partial charge on any atom is 0.419 e. The van der Waals surface area contributed by atoms with Crippen LogP contribution in [0.2, 0.25) is 0 Å². The Hall–Kier alpha value is -3.42. The topological polar surface area (TPSA) is 88.7 Å². The van der Waals surface area contributed by atoms with Crippen LogP contribution in [-0.2, 0) is 7.05 Å². The average Bonchev–Trinajstić information content (AvgIpc) is 3.01. The van der Waals surface area contributed by atoms with E-state index >= 15 is 0 Å². The number of oxazole rings is 1. The molecule has 1 aromatic carbocycles. The SMILES string of the molecule is Cn1c(=O)oc2ccc(C(=O)N3CCN(C(=O)c4cccnc4)CC3)cc21. The molecule has 138 valence electrons. The molecular formula is C19H18N4O4. The zero-order chi connectivity index (χ0) is 19.0. The molecule has 1 aliphatic heterocycles. The minimum Gasteiger partial charge on any atom is -0.408 e. The molecule has 4 rings (SSSR count). The van der Waals surface area contributed by atoms with E-state index in [1.807, 2.05) is 0 Å². The predicted octanol–water partition coefficient (Wildman–Crippen LogP) is 1.12. The Labute approximate surface area is 154 Å². The van der Waals surface area contributed by atoms with Crippen molar-refractivity contribution in [1.29, 1.82) is 0 Å². The molecule has 0 atom stereocenters. The molecule has 3 heterocycles. The maximum absolute atomic E-state index is 12.8. The summed E-state index contributed by atoms with van der Waals surface area (Å²) < 4.78 is 6.47. The summed E-state index contributed by atoms with van der Waals surface area (Å²) in [6.45, 7) is 1.83. The van der Waals surface area contributed by atoms with Crippen molar-refractivity contribution in [3.8, 4) is 0 Å². The summed E-state index contributed by atoms with van der Waals surface area (Å²) in [5, 5.41) is 0. The van der Waals surface area contributed by atoms with Gasteiger partial charge in [0, 0.05) is 51.2 Å². The van der Waals surface area contributed by atoms with Gasteiger partial charge in [0.1, 0.15) is 0 Å². The van der Waals surface area contributed by atoms with Gasteiger partial charge in [0.15, 0.2) is 5.58 Å². The van der Waals surface area contributed by atoms with E-state index < -0.39 is 5.76 Å². The van der Waals surface area contributed by atoms with Crippen LogP contribution in [0, 0.1) is 0 Å². The smallest absolute Gasteiger partial charge is 0.408 e. The van der Waals surface area contributed by atoms with Crippen LogP contribution < -0.4 is 5.76 Å². The molecule has 0 aliphatic carbocycles. The number of carbonyl (C=O) groups is 2. The number of carbonyl (C=O) groups excluding carboxylic acids is 2. The van der Waals surface area contributed by atoms with Crippen LogP contribution in [0.4, 0.5) is 0 Å². The van der Waals surface area contributed by atoms with Crippen molar-refractivity contribution in [2.45, 2.75) is 0 Å². The highest BCUT2D eigenvalue weighted by Gasteiger charge is 2.26. The Kier molecular flexibility index (Phi) is 4.23. The molecule has 1 aliphatic rings. The van der Waals surface area contributed by atoms with Crippen LogP contribution in [0.25, 0.3) is 11.1 Å². The number of nitrogens with zero attached hydrogens (tertiary/aromatic N) is 4. The number of benzene rings is 1. The van der Waals surface area contributed by atoms with Crippen LogP contribution in [0.15, 0.2) is 51.9 Å². The van der Waals surface area contributed by atoms with E-state index in [0.29, 0.717) is 48.4 Å². The molecule has 27 heavy (non-hydrogen) atoms. The molecule has 0 bridgehead atoms. The fraction of sp³-hybridized carbons (Fsp3) is 0.263. The fourth-order valence-corrected chi connectivity index (χ4v) is 3.23. The normalized spacial score (nSPS) is 14.6. The van der Waals surface area contributed by atoms with Crippen molar-refractivity contribution in [2.24, 2.45) is 7.05 Å². The summed E-state index contributed by atoms with van der Waals surface area (Å²) in [5.74, 6) is -0.666. The first kappa shape index (κ1) is 17.0. The molecule has 2 amide bonds. The standard InChI is InChI=1S/C19H18N4O4/c1-21-15-11-13(4-5-16(15)27-19(21)26)17(24)22-7-9-23(10-8-22)18(25)14-3-2-6-20-12-14/h2-6,11-12H,7-10H2,1H3. The predicted molar refractivity (Wildman–Crippen MR) is 97.5 cm³/mol. The van der Waals surface area contributed by atoms with Crippen LogP contribution in [-0.4, -0.2) is 57.3 Å². The molecule has 0 saturated carbocycles. The molecule has 8 nitrogen and oxygen atoms in total. The van der Waals surface area contributed by atoms with Gasteiger partial charge in [0.2, 0.25) is 0 Å². The van der Waals surface area contributed by atoms with E-state index in [2.05, 4.69) is 4.98 Å². The first-order valence-electron chi connectivity index (χ1n) is 8.63. The summed E-state index contributed by atoms with van der Waals surface area (Å²) in [5.41, 5.74) is 2.07. The summed E-state index contributed by atoms with van der Waals surface area (Å²) >= 11 is 0. The van der Waals surface area contributed by atoms with Crippen LogP contribution in [0.3, 0.4) is 0 Å². The second kappa shape index (κ2) is 6.71. The van der Waals surface area contributed by atoms with Crippen molar-refractivity contribution in [3.63, 3.8) is 0 Å². The van der Waals surface area contributed by atoms with Gasteiger partial charge in [-0.2, -0.15) is 0 Å². The quantitative estimate of drug-likeness (QED) is 0.678. The van der Waals surface area contributed by atoms with Gasteiger partial charge in [-0.25, -0.2) is 4.79 Å². The number of aromatic nitrogens is 2. The summed E-state index contributed by atoms with van der Waals surface area (Å²) in [7, 11) is 1.60. The van der Waals surface area contributed by atoms with E-state index in [1.54, 1.807) is 59.6 Å². The van der Waals surface area contributed by atoms with Gasteiger partial charge >= 0.3 is 5.76 Å². The molecule has 0 N–H and O–H groups in total. The van der Waals surface area contributed by atoms with E-state index in [9.17, 15) is 14.4 Å². The van der Waals surface area contributed by atoms with E-state index in [4.69, 9.17) is 4.42 Å². The first-order valence-corrected chi connectivity index (χ1v) is 8.63. The molecule has 2 aromatic heterocycles. The third-order valence-electron chi connectivity index (χ3n) is 4.80. The Bertz CT molecular complexity index is 1060. The molecule has 0 radical (unpaired) electrons. The second-order valence-electron chi connectivity index (χ2n) is 6.44. The van der Waals surface area contributed by atoms with Crippen molar-refractivity contribution in [1.82, 2.24) is 19.4 Å². The lowest BCUT2D eigenvalue weighted by molar-refractivity contribution is 0.0535. The highest BCUT2D eigenvalue weighted by atomic mass is 16.4. The number of rotatable bonds is 2. The monoisotopic (exact) mass is 366 g/mol. The largest absolute Gasteiger partial charge is 0.419 e. The van der Waals surface area contributed by atoms with Gasteiger partial charge in [-0.05, 0) is 30.3 Å². The van der Waals surface area contributed by atoms with Gasteiger partial charge in [-0.1, -0.05) is 0 Å². The number of piperazine rings is 1. The molecule has 0 unspecified atom stereocenters. The van der Waals surface area contributed by atoms with Crippen LogP contribution in [0.1, 0.15) is 20.7 Å². The zero-order valence-electron chi connectivity index (χ0n) is 14.8. The summed E-state index contributed by atoms with van der Waals surface area (Å²) in [4.78, 5) is 44.3. The molecule has 3 aromatic rings. The Morgan fingerprint density at radius 2 is 1.67 bits per heavy atom. The van der Waals surface area contributed by atoms with Gasteiger partial charge in [-0.15, -0.1) is 0 Å². The number of hydrogen-bond acceptors (Lipinski definition) is 5. The van der Waals surface area contributed by atoms with Gasteiger partial charge in [-0.3, -0.25) is 19.1 Å². The lowest BCUT2D eigenvalue weighted by Gasteiger charge is -2.34. The van der Waals surface area contributed by atoms with Crippen molar-refractivity contribution in [2.75, 3.05) is 26.2 Å². The number of fused-ring (bicyclic) bond motifs is 1. The zero-order valence-corrected chi connectivity index (χ0v) is 14.8. The molecule has 1 fully saturated rings. The summed E-state index contributed by atoms with van der Waals surface area (Å²) in [6, 6.07) is 8.41. The van der Waals surface area contributed by atoms with E-state index in [-0.39, 0.29) is 11.8 Å². The number of aryl methyl sites for hydroxylation is 1. The first-order chi connectivity index (χ1) is 13.0. The number of pyridine rings is 1. The molecular weight excluding hydrogens is 348 g/mol. The van der Waals surface area contributed by atoms with Crippen molar-refractivity contribution in [3.05, 3.63) is 64.4 Å². The Balaban J connectivity index is 1.46. The minimum absolute atomic E-state index is 0.0787. The lowest BCUT2D eigenvalue weighted by Crippen LogP contribution is -2.50. The van der Waals surface area contributed by atoms with E-state index in [1.165, 1.54) is 4.57 Å².